The Kier molecular flexibility index (Phi) is 5.28. The van der Waals surface area contributed by atoms with Crippen LogP contribution in [0.25, 0.3) is 11.3 Å². The van der Waals surface area contributed by atoms with E-state index in [2.05, 4.69) is 15.5 Å². The number of carbonyl (C=O) groups is 1. The summed E-state index contributed by atoms with van der Waals surface area (Å²) in [5.41, 5.74) is 2.06. The Hall–Kier alpha value is -3.28. The topological polar surface area (TPSA) is 64.1 Å². The number of benzene rings is 2. The van der Waals surface area contributed by atoms with Gasteiger partial charge in [-0.25, -0.2) is 4.39 Å². The average molecular weight is 377 g/mol. The number of hydrogen-bond donors (Lipinski definition) is 1. The smallest absolute Gasteiger partial charge is 0.251 e. The molecule has 6 heteroatoms. The maximum absolute atomic E-state index is 13.0. The molecule has 1 aromatic heterocycles. The van der Waals surface area contributed by atoms with E-state index in [4.69, 9.17) is 4.74 Å². The first-order valence-corrected chi connectivity index (χ1v) is 9.36. The van der Waals surface area contributed by atoms with Crippen LogP contribution in [0.4, 0.5) is 4.39 Å². The van der Waals surface area contributed by atoms with Crippen LogP contribution in [0.5, 0.6) is 11.6 Å². The lowest BCUT2D eigenvalue weighted by Crippen LogP contribution is -2.32. The van der Waals surface area contributed by atoms with Crippen molar-refractivity contribution in [3.8, 4) is 22.9 Å². The van der Waals surface area contributed by atoms with Crippen LogP contribution in [-0.4, -0.2) is 22.1 Å². The van der Waals surface area contributed by atoms with Gasteiger partial charge in [0.05, 0.1) is 5.69 Å². The van der Waals surface area contributed by atoms with Crippen molar-refractivity contribution in [2.24, 2.45) is 0 Å². The van der Waals surface area contributed by atoms with Crippen LogP contribution < -0.4 is 10.1 Å². The van der Waals surface area contributed by atoms with Crippen LogP contribution in [0.2, 0.25) is 0 Å². The van der Waals surface area contributed by atoms with Gasteiger partial charge in [-0.15, -0.1) is 10.2 Å². The zero-order chi connectivity index (χ0) is 19.3. The molecule has 142 valence electrons. The van der Waals surface area contributed by atoms with Gasteiger partial charge >= 0.3 is 0 Å². The molecule has 5 nitrogen and oxygen atoms in total. The number of nitrogens with one attached hydrogen (secondary N) is 1. The number of ether oxygens (including phenoxy) is 1. The van der Waals surface area contributed by atoms with Crippen LogP contribution in [0.1, 0.15) is 36.0 Å². The molecule has 0 bridgehead atoms. The lowest BCUT2D eigenvalue weighted by molar-refractivity contribution is 0.0938. The highest BCUT2D eigenvalue weighted by Crippen LogP contribution is 2.23. The Morgan fingerprint density at radius 2 is 1.79 bits per heavy atom. The quantitative estimate of drug-likeness (QED) is 0.697. The lowest BCUT2D eigenvalue weighted by Gasteiger charge is -2.12. The fraction of sp³-hybridized carbons (Fsp3) is 0.227. The summed E-state index contributed by atoms with van der Waals surface area (Å²) in [5, 5.41) is 11.3. The largest absolute Gasteiger partial charge is 0.438 e. The molecule has 0 radical (unpaired) electrons. The minimum absolute atomic E-state index is 0.0574. The van der Waals surface area contributed by atoms with Crippen LogP contribution >= 0.6 is 0 Å². The summed E-state index contributed by atoms with van der Waals surface area (Å²) in [6.45, 7) is 0. The molecule has 1 aliphatic rings. The Labute approximate surface area is 162 Å². The van der Waals surface area contributed by atoms with E-state index in [1.165, 1.54) is 37.1 Å². The fourth-order valence-electron chi connectivity index (χ4n) is 3.31. The van der Waals surface area contributed by atoms with Crippen molar-refractivity contribution in [3.05, 3.63) is 72.0 Å². The van der Waals surface area contributed by atoms with Gasteiger partial charge in [-0.05, 0) is 55.3 Å². The molecule has 1 fully saturated rings. The molecule has 1 N–H and O–H groups in total. The summed E-state index contributed by atoms with van der Waals surface area (Å²) in [4.78, 5) is 12.5. The SMILES string of the molecule is O=C(NC1CCCC1)c1cccc(-c2ccc(Oc3ccc(F)cc3)nn2)c1. The third-order valence-corrected chi connectivity index (χ3v) is 4.79. The zero-order valence-electron chi connectivity index (χ0n) is 15.3. The van der Waals surface area contributed by atoms with Gasteiger partial charge in [0, 0.05) is 23.2 Å². The van der Waals surface area contributed by atoms with E-state index in [1.807, 2.05) is 18.2 Å². The number of hydrogen-bond acceptors (Lipinski definition) is 4. The monoisotopic (exact) mass is 377 g/mol. The lowest BCUT2D eigenvalue weighted by atomic mass is 10.1. The van der Waals surface area contributed by atoms with Crippen LogP contribution in [0.15, 0.2) is 60.7 Å². The van der Waals surface area contributed by atoms with Gasteiger partial charge in [0.15, 0.2) is 0 Å². The Balaban J connectivity index is 1.46. The highest BCUT2D eigenvalue weighted by molar-refractivity contribution is 5.95. The predicted molar refractivity (Wildman–Crippen MR) is 104 cm³/mol. The van der Waals surface area contributed by atoms with Gasteiger partial charge in [0.25, 0.3) is 5.91 Å². The minimum Gasteiger partial charge on any atom is -0.438 e. The number of rotatable bonds is 5. The summed E-state index contributed by atoms with van der Waals surface area (Å²) in [7, 11) is 0. The van der Waals surface area contributed by atoms with E-state index in [9.17, 15) is 9.18 Å². The molecule has 3 aromatic rings. The molecule has 0 unspecified atom stereocenters. The Bertz CT molecular complexity index is 952. The molecular weight excluding hydrogens is 357 g/mol. The average Bonchev–Trinajstić information content (AvgIpc) is 3.23. The Morgan fingerprint density at radius 1 is 1.00 bits per heavy atom. The van der Waals surface area contributed by atoms with Crippen molar-refractivity contribution in [2.75, 3.05) is 0 Å². The van der Waals surface area contributed by atoms with E-state index in [0.29, 0.717) is 22.9 Å². The second-order valence-electron chi connectivity index (χ2n) is 6.85. The molecular formula is C22H20FN3O2. The van der Waals surface area contributed by atoms with E-state index in [0.717, 1.165) is 18.4 Å². The van der Waals surface area contributed by atoms with E-state index in [-0.39, 0.29) is 17.8 Å². The van der Waals surface area contributed by atoms with E-state index in [1.54, 1.807) is 18.2 Å². The number of amides is 1. The van der Waals surface area contributed by atoms with Crippen molar-refractivity contribution in [2.45, 2.75) is 31.7 Å². The molecule has 1 heterocycles. The first-order chi connectivity index (χ1) is 13.7. The summed E-state index contributed by atoms with van der Waals surface area (Å²) < 4.78 is 18.5. The second kappa shape index (κ2) is 8.17. The van der Waals surface area contributed by atoms with Gasteiger partial charge in [-0.2, -0.15) is 0 Å². The summed E-state index contributed by atoms with van der Waals surface area (Å²) in [6, 6.07) is 16.8. The molecule has 4 rings (SSSR count). The summed E-state index contributed by atoms with van der Waals surface area (Å²) in [5.74, 6) is 0.406. The summed E-state index contributed by atoms with van der Waals surface area (Å²) >= 11 is 0. The van der Waals surface area contributed by atoms with Crippen molar-refractivity contribution < 1.29 is 13.9 Å². The number of nitrogens with zero attached hydrogens (tertiary/aromatic N) is 2. The van der Waals surface area contributed by atoms with E-state index >= 15 is 0 Å². The van der Waals surface area contributed by atoms with Gasteiger partial charge < -0.3 is 10.1 Å². The molecule has 28 heavy (non-hydrogen) atoms. The normalized spacial score (nSPS) is 14.0. The molecule has 1 saturated carbocycles. The fourth-order valence-corrected chi connectivity index (χ4v) is 3.31. The van der Waals surface area contributed by atoms with Gasteiger partial charge in [0.2, 0.25) is 5.88 Å². The maximum Gasteiger partial charge on any atom is 0.251 e. The number of halogens is 1. The first-order valence-electron chi connectivity index (χ1n) is 9.36. The maximum atomic E-state index is 13.0. The molecule has 0 aliphatic heterocycles. The van der Waals surface area contributed by atoms with Crippen LogP contribution in [0.3, 0.4) is 0 Å². The van der Waals surface area contributed by atoms with E-state index < -0.39 is 0 Å². The second-order valence-corrected chi connectivity index (χ2v) is 6.85. The minimum atomic E-state index is -0.328. The molecule has 1 amide bonds. The molecule has 2 aromatic carbocycles. The highest BCUT2D eigenvalue weighted by atomic mass is 19.1. The highest BCUT2D eigenvalue weighted by Gasteiger charge is 2.18. The third-order valence-electron chi connectivity index (χ3n) is 4.79. The molecule has 0 atom stereocenters. The zero-order valence-corrected chi connectivity index (χ0v) is 15.3. The standard InChI is InChI=1S/C22H20FN3O2/c23-17-8-10-19(11-9-17)28-21-13-12-20(25-26-21)15-4-3-5-16(14-15)22(27)24-18-6-1-2-7-18/h3-5,8-14,18H,1-2,6-7H2,(H,24,27). The number of carbonyl (C=O) groups excluding carboxylic acids is 1. The van der Waals surface area contributed by atoms with Gasteiger partial charge in [-0.1, -0.05) is 25.0 Å². The van der Waals surface area contributed by atoms with Crippen LogP contribution in [0, 0.1) is 5.82 Å². The van der Waals surface area contributed by atoms with Crippen molar-refractivity contribution in [1.82, 2.24) is 15.5 Å². The molecule has 0 saturated heterocycles. The van der Waals surface area contributed by atoms with Gasteiger partial charge in [-0.3, -0.25) is 4.79 Å². The van der Waals surface area contributed by atoms with Crippen LogP contribution in [-0.2, 0) is 0 Å². The van der Waals surface area contributed by atoms with Crippen molar-refractivity contribution in [3.63, 3.8) is 0 Å². The molecule has 1 aliphatic carbocycles. The summed E-state index contributed by atoms with van der Waals surface area (Å²) in [6.07, 6.45) is 4.44. The van der Waals surface area contributed by atoms with Crippen molar-refractivity contribution >= 4 is 5.91 Å². The van der Waals surface area contributed by atoms with Gasteiger partial charge in [0.1, 0.15) is 11.6 Å². The molecule has 0 spiro atoms. The Morgan fingerprint density at radius 3 is 2.50 bits per heavy atom. The third kappa shape index (κ3) is 4.34. The first kappa shape index (κ1) is 18.1. The number of aromatic nitrogens is 2. The van der Waals surface area contributed by atoms with Crippen molar-refractivity contribution in [1.29, 1.82) is 0 Å². The predicted octanol–water partition coefficient (Wildman–Crippen LogP) is 4.75.